The van der Waals surface area contributed by atoms with Crippen molar-refractivity contribution in [2.75, 3.05) is 7.11 Å². The lowest BCUT2D eigenvalue weighted by Crippen LogP contribution is -2.04. The van der Waals surface area contributed by atoms with Crippen LogP contribution in [-0.4, -0.2) is 13.1 Å². The summed E-state index contributed by atoms with van der Waals surface area (Å²) in [6.07, 6.45) is 0.957. The van der Waals surface area contributed by atoms with Crippen molar-refractivity contribution in [1.82, 2.24) is 0 Å². The van der Waals surface area contributed by atoms with Crippen LogP contribution in [0, 0.1) is 5.82 Å². The van der Waals surface area contributed by atoms with Crippen LogP contribution < -0.4 is 9.47 Å². The van der Waals surface area contributed by atoms with Gasteiger partial charge in [-0.1, -0.05) is 6.58 Å². The number of hydrogen-bond acceptors (Lipinski definition) is 3. The van der Waals surface area contributed by atoms with Gasteiger partial charge in [0.1, 0.15) is 5.75 Å². The maximum absolute atomic E-state index is 13.0. The molecule has 1 aromatic rings. The lowest BCUT2D eigenvalue weighted by Gasteiger charge is -2.04. The number of carbonyl (C=O) groups is 1. The largest absolute Gasteiger partial charge is 0.497 e. The Hall–Kier alpha value is -1.84. The molecule has 0 aliphatic carbocycles. The highest BCUT2D eigenvalue weighted by atomic mass is 19.1. The minimum atomic E-state index is -0.711. The molecule has 0 N–H and O–H groups in total. The van der Waals surface area contributed by atoms with E-state index in [1.807, 2.05) is 0 Å². The second-order valence-electron chi connectivity index (χ2n) is 2.42. The predicted molar refractivity (Wildman–Crippen MR) is 48.8 cm³/mol. The molecule has 0 bridgehead atoms. The number of ether oxygens (including phenoxy) is 2. The summed E-state index contributed by atoms with van der Waals surface area (Å²) in [6.45, 7) is 3.20. The first-order chi connectivity index (χ1) is 6.67. The number of methoxy groups -OCH3 is 1. The Bertz CT molecular complexity index is 360. The molecule has 14 heavy (non-hydrogen) atoms. The van der Waals surface area contributed by atoms with Crippen LogP contribution >= 0.6 is 0 Å². The van der Waals surface area contributed by atoms with Crippen molar-refractivity contribution in [3.05, 3.63) is 36.7 Å². The van der Waals surface area contributed by atoms with Gasteiger partial charge in [-0.25, -0.2) is 9.18 Å². The molecule has 0 unspecified atom stereocenters. The van der Waals surface area contributed by atoms with Gasteiger partial charge in [-0.05, 0) is 12.1 Å². The molecule has 0 atom stereocenters. The Morgan fingerprint density at radius 1 is 1.57 bits per heavy atom. The topological polar surface area (TPSA) is 35.5 Å². The van der Waals surface area contributed by atoms with Gasteiger partial charge in [-0.15, -0.1) is 0 Å². The van der Waals surface area contributed by atoms with E-state index in [0.717, 1.165) is 12.1 Å². The van der Waals surface area contributed by atoms with E-state index in [1.54, 1.807) is 0 Å². The number of rotatable bonds is 3. The fourth-order valence-corrected chi connectivity index (χ4v) is 0.839. The monoisotopic (exact) mass is 196 g/mol. The molecule has 74 valence electrons. The van der Waals surface area contributed by atoms with Crippen LogP contribution in [0.4, 0.5) is 4.39 Å². The van der Waals surface area contributed by atoms with Crippen molar-refractivity contribution in [1.29, 1.82) is 0 Å². The average Bonchev–Trinajstić information content (AvgIpc) is 2.21. The van der Waals surface area contributed by atoms with Crippen LogP contribution in [0.25, 0.3) is 0 Å². The summed E-state index contributed by atoms with van der Waals surface area (Å²) in [4.78, 5) is 10.8. The summed E-state index contributed by atoms with van der Waals surface area (Å²) >= 11 is 0. The molecule has 0 heterocycles. The summed E-state index contributed by atoms with van der Waals surface area (Å²) in [5.41, 5.74) is 0. The zero-order valence-corrected chi connectivity index (χ0v) is 7.62. The van der Waals surface area contributed by atoms with Crippen LogP contribution in [-0.2, 0) is 4.79 Å². The van der Waals surface area contributed by atoms with E-state index in [-0.39, 0.29) is 5.75 Å². The van der Waals surface area contributed by atoms with E-state index in [2.05, 4.69) is 11.3 Å². The van der Waals surface area contributed by atoms with Crippen molar-refractivity contribution >= 4 is 5.97 Å². The number of benzene rings is 1. The van der Waals surface area contributed by atoms with Crippen molar-refractivity contribution in [3.8, 4) is 11.5 Å². The molecular weight excluding hydrogens is 187 g/mol. The molecule has 3 nitrogen and oxygen atoms in total. The van der Waals surface area contributed by atoms with Crippen LogP contribution in [0.5, 0.6) is 11.5 Å². The molecule has 4 heteroatoms. The Morgan fingerprint density at radius 2 is 2.29 bits per heavy atom. The van der Waals surface area contributed by atoms with Crippen LogP contribution in [0.1, 0.15) is 0 Å². The lowest BCUT2D eigenvalue weighted by molar-refractivity contribution is -0.129. The van der Waals surface area contributed by atoms with Gasteiger partial charge in [-0.2, -0.15) is 0 Å². The summed E-state index contributed by atoms with van der Waals surface area (Å²) in [7, 11) is 1.44. The Labute approximate surface area is 80.8 Å². The lowest BCUT2D eigenvalue weighted by atomic mass is 10.3. The van der Waals surface area contributed by atoms with Gasteiger partial charge in [0.2, 0.25) is 0 Å². The Morgan fingerprint density at radius 3 is 2.86 bits per heavy atom. The van der Waals surface area contributed by atoms with Gasteiger partial charge in [0, 0.05) is 12.1 Å². The van der Waals surface area contributed by atoms with Gasteiger partial charge in [0.15, 0.2) is 11.6 Å². The van der Waals surface area contributed by atoms with Gasteiger partial charge in [-0.3, -0.25) is 0 Å². The van der Waals surface area contributed by atoms with Gasteiger partial charge < -0.3 is 9.47 Å². The predicted octanol–water partition coefficient (Wildman–Crippen LogP) is 1.93. The van der Waals surface area contributed by atoms with Gasteiger partial charge in [0.05, 0.1) is 7.11 Å². The van der Waals surface area contributed by atoms with E-state index < -0.39 is 11.8 Å². The molecule has 0 saturated heterocycles. The number of hydrogen-bond donors (Lipinski definition) is 0. The van der Waals surface area contributed by atoms with Crippen LogP contribution in [0.2, 0.25) is 0 Å². The Kier molecular flexibility index (Phi) is 3.23. The summed E-state index contributed by atoms with van der Waals surface area (Å²) in [6, 6.07) is 3.88. The third-order valence-corrected chi connectivity index (χ3v) is 1.52. The maximum Gasteiger partial charge on any atom is 0.335 e. The molecule has 0 saturated carbocycles. The van der Waals surface area contributed by atoms with Crippen molar-refractivity contribution in [3.63, 3.8) is 0 Å². The quantitative estimate of drug-likeness (QED) is 0.421. The Balaban J connectivity index is 2.94. The number of carbonyl (C=O) groups excluding carboxylic acids is 1. The standard InChI is InChI=1S/C10H9FO3/c1-3-10(12)14-9-6-7(13-2)4-5-8(9)11/h3-6H,1H2,2H3. The molecular formula is C10H9FO3. The molecule has 0 aromatic heterocycles. The first-order valence-electron chi connectivity index (χ1n) is 3.85. The maximum atomic E-state index is 13.0. The molecule has 1 aromatic carbocycles. The summed E-state index contributed by atoms with van der Waals surface area (Å²) < 4.78 is 22.5. The highest BCUT2D eigenvalue weighted by molar-refractivity contribution is 5.83. The van der Waals surface area contributed by atoms with Gasteiger partial charge in [0.25, 0.3) is 0 Å². The second kappa shape index (κ2) is 4.41. The number of esters is 1. The van der Waals surface area contributed by atoms with E-state index in [9.17, 15) is 9.18 Å². The minimum Gasteiger partial charge on any atom is -0.497 e. The van der Waals surface area contributed by atoms with Crippen molar-refractivity contribution in [2.45, 2.75) is 0 Å². The first-order valence-corrected chi connectivity index (χ1v) is 3.85. The second-order valence-corrected chi connectivity index (χ2v) is 2.42. The zero-order chi connectivity index (χ0) is 10.6. The van der Waals surface area contributed by atoms with Crippen molar-refractivity contribution in [2.24, 2.45) is 0 Å². The molecule has 0 fully saturated rings. The molecule has 0 aliphatic heterocycles. The normalized spacial score (nSPS) is 9.29. The molecule has 0 spiro atoms. The summed E-state index contributed by atoms with van der Waals surface area (Å²) in [5, 5.41) is 0. The highest BCUT2D eigenvalue weighted by Crippen LogP contribution is 2.23. The molecule has 1 rings (SSSR count). The molecule has 0 radical (unpaired) electrons. The smallest absolute Gasteiger partial charge is 0.335 e. The first kappa shape index (κ1) is 10.2. The van der Waals surface area contributed by atoms with Gasteiger partial charge >= 0.3 is 5.97 Å². The van der Waals surface area contributed by atoms with E-state index >= 15 is 0 Å². The highest BCUT2D eigenvalue weighted by Gasteiger charge is 2.07. The molecule has 0 aliphatic rings. The number of halogens is 1. The van der Waals surface area contributed by atoms with Crippen LogP contribution in [0.3, 0.4) is 0 Å². The minimum absolute atomic E-state index is 0.172. The van der Waals surface area contributed by atoms with E-state index in [1.165, 1.54) is 19.2 Å². The van der Waals surface area contributed by atoms with E-state index in [4.69, 9.17) is 4.74 Å². The third-order valence-electron chi connectivity index (χ3n) is 1.52. The third kappa shape index (κ3) is 2.32. The SMILES string of the molecule is C=CC(=O)Oc1cc(OC)ccc1F. The van der Waals surface area contributed by atoms with Crippen molar-refractivity contribution < 1.29 is 18.7 Å². The molecule has 0 amide bonds. The zero-order valence-electron chi connectivity index (χ0n) is 7.62. The average molecular weight is 196 g/mol. The van der Waals surface area contributed by atoms with E-state index in [0.29, 0.717) is 5.75 Å². The van der Waals surface area contributed by atoms with Crippen LogP contribution in [0.15, 0.2) is 30.9 Å². The fraction of sp³-hybridized carbons (Fsp3) is 0.100. The fourth-order valence-electron chi connectivity index (χ4n) is 0.839. The summed E-state index contributed by atoms with van der Waals surface area (Å²) in [5.74, 6) is -1.09.